The lowest BCUT2D eigenvalue weighted by molar-refractivity contribution is -0.137. The topological polar surface area (TPSA) is 78.9 Å². The number of para-hydroxylation sites is 1. The summed E-state index contributed by atoms with van der Waals surface area (Å²) in [4.78, 5) is 20.2. The van der Waals surface area contributed by atoms with Crippen LogP contribution >= 0.6 is 0 Å². The first-order chi connectivity index (χ1) is 13.8. The Hall–Kier alpha value is -3.62. The standard InChI is InChI=1S/C20H18F3N5O/c1-12-6-5-9-17(26-12)28-18-10-16(14(11-25-18)20(21,22)23)27-15-8-4-3-7-13(15)19(29)24-2/h3-11H,1-2H3,(H,24,29)(H2,25,26,27,28). The van der Waals surface area contributed by atoms with E-state index in [1.165, 1.54) is 25.2 Å². The van der Waals surface area contributed by atoms with Gasteiger partial charge in [0.15, 0.2) is 0 Å². The third-order valence-corrected chi connectivity index (χ3v) is 4.02. The molecule has 3 aromatic rings. The number of nitrogens with zero attached hydrogens (tertiary/aromatic N) is 2. The number of nitrogens with one attached hydrogen (secondary N) is 3. The number of hydrogen-bond donors (Lipinski definition) is 3. The maximum absolute atomic E-state index is 13.5. The van der Waals surface area contributed by atoms with Gasteiger partial charge in [-0.05, 0) is 31.2 Å². The van der Waals surface area contributed by atoms with E-state index in [0.29, 0.717) is 5.82 Å². The zero-order valence-electron chi connectivity index (χ0n) is 15.6. The van der Waals surface area contributed by atoms with Crippen molar-refractivity contribution in [3.05, 3.63) is 71.5 Å². The van der Waals surface area contributed by atoms with Crippen LogP contribution in [-0.4, -0.2) is 22.9 Å². The molecule has 2 heterocycles. The molecular formula is C20H18F3N5O. The van der Waals surface area contributed by atoms with Crippen LogP contribution < -0.4 is 16.0 Å². The van der Waals surface area contributed by atoms with Gasteiger partial charge in [-0.1, -0.05) is 18.2 Å². The molecule has 0 aliphatic rings. The van der Waals surface area contributed by atoms with Crippen LogP contribution in [0.2, 0.25) is 0 Å². The van der Waals surface area contributed by atoms with Crippen molar-refractivity contribution in [1.82, 2.24) is 15.3 Å². The molecule has 0 atom stereocenters. The molecule has 0 radical (unpaired) electrons. The predicted octanol–water partition coefficient (Wildman–Crippen LogP) is 4.65. The van der Waals surface area contributed by atoms with Crippen LogP contribution in [0, 0.1) is 6.92 Å². The van der Waals surface area contributed by atoms with Crippen molar-refractivity contribution in [2.24, 2.45) is 0 Å². The predicted molar refractivity (Wildman–Crippen MR) is 105 cm³/mol. The van der Waals surface area contributed by atoms with Crippen molar-refractivity contribution >= 4 is 28.9 Å². The van der Waals surface area contributed by atoms with Gasteiger partial charge in [0.2, 0.25) is 0 Å². The van der Waals surface area contributed by atoms with Crippen molar-refractivity contribution in [3.8, 4) is 0 Å². The van der Waals surface area contributed by atoms with Gasteiger partial charge >= 0.3 is 6.18 Å². The second-order valence-corrected chi connectivity index (χ2v) is 6.15. The molecule has 29 heavy (non-hydrogen) atoms. The number of carbonyl (C=O) groups is 1. The van der Waals surface area contributed by atoms with Crippen molar-refractivity contribution < 1.29 is 18.0 Å². The lowest BCUT2D eigenvalue weighted by Gasteiger charge is -2.17. The molecule has 0 bridgehead atoms. The van der Waals surface area contributed by atoms with Crippen molar-refractivity contribution in [1.29, 1.82) is 0 Å². The van der Waals surface area contributed by atoms with Crippen LogP contribution in [0.4, 0.5) is 36.2 Å². The minimum Gasteiger partial charge on any atom is -0.355 e. The molecule has 0 fully saturated rings. The molecule has 9 heteroatoms. The number of hydrogen-bond acceptors (Lipinski definition) is 5. The zero-order chi connectivity index (χ0) is 21.0. The molecule has 1 amide bonds. The first-order valence-electron chi connectivity index (χ1n) is 8.64. The number of halogens is 3. The number of carbonyl (C=O) groups excluding carboxylic acids is 1. The summed E-state index contributed by atoms with van der Waals surface area (Å²) < 4.78 is 40.5. The minimum absolute atomic E-state index is 0.177. The Labute approximate surface area is 165 Å². The molecule has 0 aliphatic carbocycles. The number of pyridine rings is 2. The molecule has 6 nitrogen and oxygen atoms in total. The highest BCUT2D eigenvalue weighted by atomic mass is 19.4. The van der Waals surface area contributed by atoms with Crippen molar-refractivity contribution in [2.45, 2.75) is 13.1 Å². The fourth-order valence-electron chi connectivity index (χ4n) is 2.67. The number of aromatic nitrogens is 2. The number of amides is 1. The average Bonchev–Trinajstić information content (AvgIpc) is 2.67. The summed E-state index contributed by atoms with van der Waals surface area (Å²) >= 11 is 0. The highest BCUT2D eigenvalue weighted by molar-refractivity contribution is 6.00. The van der Waals surface area contributed by atoms with Crippen LogP contribution in [0.15, 0.2) is 54.7 Å². The molecule has 2 aromatic heterocycles. The fraction of sp³-hybridized carbons (Fsp3) is 0.150. The molecule has 3 rings (SSSR count). The number of benzene rings is 1. The number of alkyl halides is 3. The second-order valence-electron chi connectivity index (χ2n) is 6.15. The van der Waals surface area contributed by atoms with Gasteiger partial charge in [-0.2, -0.15) is 13.2 Å². The maximum Gasteiger partial charge on any atom is 0.419 e. The summed E-state index contributed by atoms with van der Waals surface area (Å²) in [5.74, 6) is 0.211. The molecule has 1 aromatic carbocycles. The molecule has 3 N–H and O–H groups in total. The highest BCUT2D eigenvalue weighted by Gasteiger charge is 2.34. The van der Waals surface area contributed by atoms with Crippen LogP contribution in [0.1, 0.15) is 21.6 Å². The Morgan fingerprint density at radius 2 is 1.72 bits per heavy atom. The summed E-state index contributed by atoms with van der Waals surface area (Å²) in [6.07, 6.45) is -3.89. The van der Waals surface area contributed by atoms with Crippen molar-refractivity contribution in [3.63, 3.8) is 0 Å². The number of aryl methyl sites for hydroxylation is 1. The lowest BCUT2D eigenvalue weighted by Crippen LogP contribution is -2.19. The Kier molecular flexibility index (Phi) is 5.67. The van der Waals surface area contributed by atoms with E-state index < -0.39 is 17.6 Å². The Bertz CT molecular complexity index is 1040. The summed E-state index contributed by atoms with van der Waals surface area (Å²) in [6.45, 7) is 1.80. The van der Waals surface area contributed by atoms with Gasteiger partial charge in [-0.15, -0.1) is 0 Å². The van der Waals surface area contributed by atoms with Gasteiger partial charge in [0.1, 0.15) is 11.6 Å². The Morgan fingerprint density at radius 3 is 2.41 bits per heavy atom. The molecule has 0 saturated heterocycles. The quantitative estimate of drug-likeness (QED) is 0.580. The number of anilines is 4. The maximum atomic E-state index is 13.5. The minimum atomic E-state index is -4.63. The molecule has 150 valence electrons. The molecule has 0 aliphatic heterocycles. The third kappa shape index (κ3) is 4.81. The lowest BCUT2D eigenvalue weighted by atomic mass is 10.1. The molecule has 0 spiro atoms. The highest BCUT2D eigenvalue weighted by Crippen LogP contribution is 2.37. The first-order valence-corrected chi connectivity index (χ1v) is 8.64. The average molecular weight is 401 g/mol. The smallest absolute Gasteiger partial charge is 0.355 e. The molecule has 0 unspecified atom stereocenters. The Balaban J connectivity index is 2.01. The van der Waals surface area contributed by atoms with E-state index in [2.05, 4.69) is 25.9 Å². The van der Waals surface area contributed by atoms with E-state index in [-0.39, 0.29) is 22.8 Å². The van der Waals surface area contributed by atoms with E-state index in [9.17, 15) is 18.0 Å². The summed E-state index contributed by atoms with van der Waals surface area (Å²) in [5.41, 5.74) is 0.0173. The number of rotatable bonds is 5. The SMILES string of the molecule is CNC(=O)c1ccccc1Nc1cc(Nc2cccc(C)n2)ncc1C(F)(F)F. The molecule has 0 saturated carbocycles. The Morgan fingerprint density at radius 1 is 0.966 bits per heavy atom. The van der Waals surface area contributed by atoms with E-state index in [1.54, 1.807) is 37.3 Å². The monoisotopic (exact) mass is 401 g/mol. The van der Waals surface area contributed by atoms with E-state index >= 15 is 0 Å². The largest absolute Gasteiger partial charge is 0.419 e. The van der Waals surface area contributed by atoms with E-state index in [1.807, 2.05) is 0 Å². The van der Waals surface area contributed by atoms with Gasteiger partial charge in [0, 0.05) is 25.0 Å². The normalized spacial score (nSPS) is 11.1. The van der Waals surface area contributed by atoms with Crippen LogP contribution in [0.25, 0.3) is 0 Å². The van der Waals surface area contributed by atoms with Crippen molar-refractivity contribution in [2.75, 3.05) is 17.7 Å². The first kappa shape index (κ1) is 20.1. The van der Waals surface area contributed by atoms with Crippen LogP contribution in [0.5, 0.6) is 0 Å². The van der Waals surface area contributed by atoms with Gasteiger partial charge in [-0.25, -0.2) is 9.97 Å². The van der Waals surface area contributed by atoms with E-state index in [0.717, 1.165) is 11.9 Å². The summed E-state index contributed by atoms with van der Waals surface area (Å²) in [6, 6.07) is 12.8. The summed E-state index contributed by atoms with van der Waals surface area (Å²) in [5, 5.41) is 8.08. The van der Waals surface area contributed by atoms with Gasteiger partial charge < -0.3 is 16.0 Å². The van der Waals surface area contributed by atoms with Gasteiger partial charge in [0.05, 0.1) is 22.5 Å². The second kappa shape index (κ2) is 8.17. The van der Waals surface area contributed by atoms with Gasteiger partial charge in [-0.3, -0.25) is 4.79 Å². The van der Waals surface area contributed by atoms with E-state index in [4.69, 9.17) is 0 Å². The zero-order valence-corrected chi connectivity index (χ0v) is 15.6. The fourth-order valence-corrected chi connectivity index (χ4v) is 2.67. The summed E-state index contributed by atoms with van der Waals surface area (Å²) in [7, 11) is 1.45. The molecular weight excluding hydrogens is 383 g/mol. The van der Waals surface area contributed by atoms with Crippen LogP contribution in [0.3, 0.4) is 0 Å². The van der Waals surface area contributed by atoms with Crippen LogP contribution in [-0.2, 0) is 6.18 Å². The third-order valence-electron chi connectivity index (χ3n) is 4.02. The van der Waals surface area contributed by atoms with Gasteiger partial charge in [0.25, 0.3) is 5.91 Å².